The van der Waals surface area contributed by atoms with Crippen LogP contribution in [0.2, 0.25) is 0 Å². The molecule has 0 saturated carbocycles. The molecule has 0 radical (unpaired) electrons. The molecule has 0 saturated heterocycles. The van der Waals surface area contributed by atoms with E-state index in [1.165, 1.54) is 23.2 Å². The molecule has 1 unspecified atom stereocenters. The molecule has 1 heterocycles. The summed E-state index contributed by atoms with van der Waals surface area (Å²) in [5, 5.41) is 3.57. The van der Waals surface area contributed by atoms with Crippen LogP contribution in [-0.2, 0) is 19.5 Å². The summed E-state index contributed by atoms with van der Waals surface area (Å²) < 4.78 is 2.24. The molecule has 1 N–H and O–H groups in total. The lowest BCUT2D eigenvalue weighted by molar-refractivity contribution is 0.521. The van der Waals surface area contributed by atoms with Crippen molar-refractivity contribution in [2.75, 3.05) is 6.54 Å². The van der Waals surface area contributed by atoms with Crippen LogP contribution >= 0.6 is 0 Å². The van der Waals surface area contributed by atoms with E-state index in [0.717, 1.165) is 26.1 Å². The maximum Gasteiger partial charge on any atom is 0.0948 e. The first-order chi connectivity index (χ1) is 9.38. The molecule has 0 amide bonds. The van der Waals surface area contributed by atoms with Gasteiger partial charge in [0.05, 0.1) is 12.0 Å². The van der Waals surface area contributed by atoms with Crippen LogP contribution in [-0.4, -0.2) is 16.1 Å². The average Bonchev–Trinajstić information content (AvgIpc) is 2.83. The van der Waals surface area contributed by atoms with Crippen LogP contribution in [0.4, 0.5) is 0 Å². The molecule has 1 aromatic carbocycles. The Morgan fingerprint density at radius 2 is 2.26 bits per heavy atom. The fourth-order valence-electron chi connectivity index (χ4n) is 2.86. The lowest BCUT2D eigenvalue weighted by Crippen LogP contribution is -2.29. The van der Waals surface area contributed by atoms with Crippen molar-refractivity contribution in [3.05, 3.63) is 53.6 Å². The van der Waals surface area contributed by atoms with E-state index in [0.29, 0.717) is 5.92 Å². The van der Waals surface area contributed by atoms with Gasteiger partial charge < -0.3 is 9.88 Å². The van der Waals surface area contributed by atoms with Gasteiger partial charge in [-0.05, 0) is 24.0 Å². The minimum absolute atomic E-state index is 0.693. The maximum atomic E-state index is 4.23. The Morgan fingerprint density at radius 1 is 1.37 bits per heavy atom. The molecule has 3 nitrogen and oxygen atoms in total. The summed E-state index contributed by atoms with van der Waals surface area (Å²) in [4.78, 5) is 4.23. The zero-order valence-electron chi connectivity index (χ0n) is 11.5. The summed E-state index contributed by atoms with van der Waals surface area (Å²) in [6, 6.07) is 8.77. The Kier molecular flexibility index (Phi) is 3.65. The molecule has 0 spiro atoms. The lowest BCUT2D eigenvalue weighted by Gasteiger charge is -2.30. The number of imidazole rings is 1. The Balaban J connectivity index is 1.51. The molecule has 100 valence electrons. The second-order valence-electron chi connectivity index (χ2n) is 5.31. The molecule has 2 aromatic rings. The smallest absolute Gasteiger partial charge is 0.0948 e. The van der Waals surface area contributed by atoms with Gasteiger partial charge in [-0.25, -0.2) is 4.98 Å². The SMILES string of the molecule is CCCn1cncc1CNCC1Cc2ccccc21. The van der Waals surface area contributed by atoms with Crippen LogP contribution in [0.5, 0.6) is 0 Å². The van der Waals surface area contributed by atoms with E-state index >= 15 is 0 Å². The number of rotatable bonds is 6. The Morgan fingerprint density at radius 3 is 3.11 bits per heavy atom. The van der Waals surface area contributed by atoms with Gasteiger partial charge >= 0.3 is 0 Å². The quantitative estimate of drug-likeness (QED) is 0.860. The van der Waals surface area contributed by atoms with Crippen LogP contribution in [0, 0.1) is 0 Å². The summed E-state index contributed by atoms with van der Waals surface area (Å²) in [5.74, 6) is 0.693. The molecule has 0 aliphatic heterocycles. The number of aryl methyl sites for hydroxylation is 1. The van der Waals surface area contributed by atoms with Crippen molar-refractivity contribution in [3.8, 4) is 0 Å². The summed E-state index contributed by atoms with van der Waals surface area (Å²) in [6.07, 6.45) is 6.27. The minimum Gasteiger partial charge on any atom is -0.333 e. The van der Waals surface area contributed by atoms with E-state index in [1.807, 2.05) is 12.5 Å². The normalized spacial score (nSPS) is 17.0. The van der Waals surface area contributed by atoms with E-state index in [9.17, 15) is 0 Å². The molecule has 1 aliphatic carbocycles. The Labute approximate surface area is 114 Å². The number of nitrogens with one attached hydrogen (secondary N) is 1. The van der Waals surface area contributed by atoms with Gasteiger partial charge in [-0.15, -0.1) is 0 Å². The van der Waals surface area contributed by atoms with Crippen LogP contribution in [0.15, 0.2) is 36.8 Å². The van der Waals surface area contributed by atoms with Gasteiger partial charge in [0, 0.05) is 31.7 Å². The van der Waals surface area contributed by atoms with Crippen LogP contribution in [0.1, 0.15) is 36.1 Å². The minimum atomic E-state index is 0.693. The molecule has 1 atom stereocenters. The third kappa shape index (κ3) is 2.56. The van der Waals surface area contributed by atoms with Gasteiger partial charge in [-0.3, -0.25) is 0 Å². The largest absolute Gasteiger partial charge is 0.333 e. The number of fused-ring (bicyclic) bond motifs is 1. The van der Waals surface area contributed by atoms with Crippen molar-refractivity contribution < 1.29 is 0 Å². The lowest BCUT2D eigenvalue weighted by atomic mass is 9.77. The number of nitrogens with zero attached hydrogens (tertiary/aromatic N) is 2. The molecule has 1 aliphatic rings. The van der Waals surface area contributed by atoms with Gasteiger partial charge in [-0.2, -0.15) is 0 Å². The molecule has 1 aromatic heterocycles. The van der Waals surface area contributed by atoms with Crippen LogP contribution < -0.4 is 5.32 Å². The number of hydrogen-bond acceptors (Lipinski definition) is 2. The zero-order valence-corrected chi connectivity index (χ0v) is 11.5. The van der Waals surface area contributed by atoms with Crippen LogP contribution in [0.25, 0.3) is 0 Å². The van der Waals surface area contributed by atoms with Crippen molar-refractivity contribution in [2.45, 2.75) is 38.8 Å². The summed E-state index contributed by atoms with van der Waals surface area (Å²) in [7, 11) is 0. The number of aromatic nitrogens is 2. The van der Waals surface area contributed by atoms with Crippen molar-refractivity contribution in [3.63, 3.8) is 0 Å². The molecule has 3 rings (SSSR count). The van der Waals surface area contributed by atoms with Crippen molar-refractivity contribution in [1.82, 2.24) is 14.9 Å². The van der Waals surface area contributed by atoms with E-state index in [-0.39, 0.29) is 0 Å². The third-order valence-electron chi connectivity index (χ3n) is 3.92. The predicted molar refractivity (Wildman–Crippen MR) is 77.1 cm³/mol. The molecular weight excluding hydrogens is 234 g/mol. The van der Waals surface area contributed by atoms with Gasteiger partial charge in [-0.1, -0.05) is 31.2 Å². The fraction of sp³-hybridized carbons (Fsp3) is 0.438. The van der Waals surface area contributed by atoms with Crippen molar-refractivity contribution >= 4 is 0 Å². The predicted octanol–water partition coefficient (Wildman–Crippen LogP) is 2.72. The highest BCUT2D eigenvalue weighted by atomic mass is 15.1. The third-order valence-corrected chi connectivity index (χ3v) is 3.92. The van der Waals surface area contributed by atoms with E-state index in [2.05, 4.69) is 46.1 Å². The molecule has 0 fully saturated rings. The standard InChI is InChI=1S/C16H21N3/c1-2-7-19-12-18-11-15(19)10-17-9-14-8-13-5-3-4-6-16(13)14/h3-6,11-12,14,17H,2,7-10H2,1H3. The highest BCUT2D eigenvalue weighted by Gasteiger charge is 2.24. The zero-order chi connectivity index (χ0) is 13.1. The molecule has 3 heteroatoms. The first-order valence-corrected chi connectivity index (χ1v) is 7.16. The summed E-state index contributed by atoms with van der Waals surface area (Å²) >= 11 is 0. The highest BCUT2D eigenvalue weighted by molar-refractivity contribution is 5.40. The highest BCUT2D eigenvalue weighted by Crippen LogP contribution is 2.33. The van der Waals surface area contributed by atoms with Crippen molar-refractivity contribution in [2.24, 2.45) is 0 Å². The molecular formula is C16H21N3. The second-order valence-corrected chi connectivity index (χ2v) is 5.31. The van der Waals surface area contributed by atoms with Gasteiger partial charge in [0.2, 0.25) is 0 Å². The maximum absolute atomic E-state index is 4.23. The average molecular weight is 255 g/mol. The van der Waals surface area contributed by atoms with E-state index in [1.54, 1.807) is 0 Å². The monoisotopic (exact) mass is 255 g/mol. The van der Waals surface area contributed by atoms with Gasteiger partial charge in [0.15, 0.2) is 0 Å². The summed E-state index contributed by atoms with van der Waals surface area (Å²) in [5.41, 5.74) is 4.33. The Bertz CT molecular complexity index is 544. The van der Waals surface area contributed by atoms with E-state index in [4.69, 9.17) is 0 Å². The summed E-state index contributed by atoms with van der Waals surface area (Å²) in [6.45, 7) is 5.23. The van der Waals surface area contributed by atoms with Crippen molar-refractivity contribution in [1.29, 1.82) is 0 Å². The first-order valence-electron chi connectivity index (χ1n) is 7.16. The van der Waals surface area contributed by atoms with Crippen LogP contribution in [0.3, 0.4) is 0 Å². The van der Waals surface area contributed by atoms with Gasteiger partial charge in [0.25, 0.3) is 0 Å². The fourth-order valence-corrected chi connectivity index (χ4v) is 2.86. The van der Waals surface area contributed by atoms with Gasteiger partial charge in [0.1, 0.15) is 0 Å². The Hall–Kier alpha value is -1.61. The molecule has 19 heavy (non-hydrogen) atoms. The number of hydrogen-bond donors (Lipinski definition) is 1. The number of benzene rings is 1. The topological polar surface area (TPSA) is 29.9 Å². The first kappa shape index (κ1) is 12.4. The second kappa shape index (κ2) is 5.57. The molecule has 0 bridgehead atoms. The van der Waals surface area contributed by atoms with E-state index < -0.39 is 0 Å².